The van der Waals surface area contributed by atoms with Crippen molar-refractivity contribution in [1.82, 2.24) is 14.8 Å². The summed E-state index contributed by atoms with van der Waals surface area (Å²) in [5.74, 6) is -2.05. The lowest BCUT2D eigenvalue weighted by Crippen LogP contribution is -2.26. The van der Waals surface area contributed by atoms with Crippen molar-refractivity contribution in [2.24, 2.45) is 0 Å². The first-order valence-electron chi connectivity index (χ1n) is 10.4. The Balaban J connectivity index is 1.88. The van der Waals surface area contributed by atoms with Crippen molar-refractivity contribution in [2.45, 2.75) is 36.4 Å². The minimum atomic E-state index is -4.47. The zero-order valence-corrected chi connectivity index (χ0v) is 20.3. The predicted octanol–water partition coefficient (Wildman–Crippen LogP) is 5.99. The third-order valence-corrected chi connectivity index (χ3v) is 7.20. The fraction of sp³-hybridized carbons (Fsp3) is 0.208. The van der Waals surface area contributed by atoms with Crippen LogP contribution in [0.1, 0.15) is 35.6 Å². The van der Waals surface area contributed by atoms with E-state index in [0.717, 1.165) is 28.2 Å². The molecule has 35 heavy (non-hydrogen) atoms. The van der Waals surface area contributed by atoms with Gasteiger partial charge in [-0.2, -0.15) is 18.3 Å². The molecule has 0 saturated heterocycles. The molecule has 5 nitrogen and oxygen atoms in total. The maximum atomic E-state index is 13.8. The first kappa shape index (κ1) is 24.9. The first-order chi connectivity index (χ1) is 16.5. The van der Waals surface area contributed by atoms with E-state index in [1.807, 2.05) is 13.8 Å². The van der Waals surface area contributed by atoms with Crippen molar-refractivity contribution in [2.75, 3.05) is 0 Å². The molecule has 2 aromatic heterocycles. The molecule has 0 N–H and O–H groups in total. The minimum absolute atomic E-state index is 0.124. The van der Waals surface area contributed by atoms with Gasteiger partial charge in [0.25, 0.3) is 0 Å². The van der Waals surface area contributed by atoms with Crippen molar-refractivity contribution >= 4 is 29.1 Å². The number of carbonyl (C=O) groups is 1. The average Bonchev–Trinajstić information content (AvgIpc) is 3.33. The van der Waals surface area contributed by atoms with E-state index in [1.165, 1.54) is 42.1 Å². The van der Waals surface area contributed by atoms with Crippen LogP contribution in [0.5, 0.6) is 0 Å². The van der Waals surface area contributed by atoms with Crippen LogP contribution in [0.15, 0.2) is 52.7 Å². The Kier molecular flexibility index (Phi) is 6.74. The van der Waals surface area contributed by atoms with E-state index in [1.54, 1.807) is 13.0 Å². The van der Waals surface area contributed by atoms with Crippen LogP contribution < -0.4 is 5.11 Å². The third kappa shape index (κ3) is 5.10. The van der Waals surface area contributed by atoms with Gasteiger partial charge in [0, 0.05) is 16.4 Å². The highest BCUT2D eigenvalue weighted by molar-refractivity contribution is 8.01. The summed E-state index contributed by atoms with van der Waals surface area (Å²) >= 11 is 2.61. The van der Waals surface area contributed by atoms with Gasteiger partial charge in [0.1, 0.15) is 11.5 Å². The molecule has 182 valence electrons. The summed E-state index contributed by atoms with van der Waals surface area (Å²) in [5.41, 5.74) is 0.658. The second-order valence-corrected chi connectivity index (χ2v) is 10.7. The fourth-order valence-corrected chi connectivity index (χ4v) is 6.00. The number of alkyl halides is 3. The number of thioether (sulfide) groups is 1. The Morgan fingerprint density at radius 2 is 1.80 bits per heavy atom. The Labute approximate surface area is 206 Å². The molecule has 0 radical (unpaired) electrons. The maximum Gasteiger partial charge on any atom is 0.416 e. The van der Waals surface area contributed by atoms with Gasteiger partial charge in [-0.3, -0.25) is 0 Å². The molecule has 0 aliphatic carbocycles. The van der Waals surface area contributed by atoms with Crippen LogP contribution in [0.3, 0.4) is 0 Å². The maximum absolute atomic E-state index is 13.8. The zero-order chi connectivity index (χ0) is 25.5. The van der Waals surface area contributed by atoms with Gasteiger partial charge in [-0.25, -0.2) is 14.1 Å². The number of nitrogens with zero attached hydrogens (tertiary/aromatic N) is 3. The number of carbonyl (C=O) groups excluding carboxylic acids is 1. The lowest BCUT2D eigenvalue weighted by Gasteiger charge is -2.09. The van der Waals surface area contributed by atoms with Gasteiger partial charge in [0.2, 0.25) is 5.13 Å². The summed E-state index contributed by atoms with van der Waals surface area (Å²) in [6.07, 6.45) is -4.47. The highest BCUT2D eigenvalue weighted by atomic mass is 32.2. The number of benzene rings is 2. The SMILES string of the molecule is Cc1nn(-c2nc(-c3ccc(C(F)(F)F)cc3)c(SC(C)C)s2)c(C(=O)[O-])c1-c1cccc(F)c1. The molecular weight excluding hydrogens is 502 g/mol. The van der Waals surface area contributed by atoms with Crippen molar-refractivity contribution in [1.29, 1.82) is 0 Å². The standard InChI is InChI=1S/C24H19F4N3O2S2/c1-12(2)34-22-19(14-7-9-16(10-8-14)24(26,27)28)29-23(35-22)31-20(21(32)33)18(13(3)30-31)15-5-4-6-17(25)11-15/h4-12H,1-3H3,(H,32,33)/p-1. The molecule has 0 unspecified atom stereocenters. The highest BCUT2D eigenvalue weighted by Gasteiger charge is 2.30. The zero-order valence-electron chi connectivity index (χ0n) is 18.7. The van der Waals surface area contributed by atoms with Gasteiger partial charge < -0.3 is 9.90 Å². The van der Waals surface area contributed by atoms with Crippen LogP contribution in [0.4, 0.5) is 17.6 Å². The topological polar surface area (TPSA) is 70.8 Å². The van der Waals surface area contributed by atoms with Crippen molar-refractivity contribution in [3.8, 4) is 27.5 Å². The molecule has 4 aromatic rings. The molecule has 2 heterocycles. The van der Waals surface area contributed by atoms with Crippen molar-refractivity contribution in [3.63, 3.8) is 0 Å². The largest absolute Gasteiger partial charge is 0.543 e. The Hall–Kier alpha value is -3.18. The first-order valence-corrected chi connectivity index (χ1v) is 12.1. The van der Waals surface area contributed by atoms with Crippen molar-refractivity contribution in [3.05, 3.63) is 71.3 Å². The average molecular weight is 521 g/mol. The molecular formula is C24H18F4N3O2S2-. The molecule has 0 bridgehead atoms. The number of rotatable bonds is 6. The number of hydrogen-bond donors (Lipinski definition) is 0. The Morgan fingerprint density at radius 3 is 2.37 bits per heavy atom. The Bertz CT molecular complexity index is 1390. The van der Waals surface area contributed by atoms with Gasteiger partial charge >= 0.3 is 6.18 Å². The summed E-state index contributed by atoms with van der Waals surface area (Å²) in [5, 5.41) is 16.8. The summed E-state index contributed by atoms with van der Waals surface area (Å²) in [7, 11) is 0. The van der Waals surface area contributed by atoms with E-state index >= 15 is 0 Å². The molecule has 4 rings (SSSR count). The number of hydrogen-bond acceptors (Lipinski definition) is 6. The number of carboxylic acid groups (broad SMARTS) is 1. The molecule has 0 amide bonds. The van der Waals surface area contributed by atoms with Gasteiger partial charge in [-0.1, -0.05) is 49.4 Å². The molecule has 11 heteroatoms. The Morgan fingerprint density at radius 1 is 1.11 bits per heavy atom. The fourth-order valence-electron chi connectivity index (χ4n) is 3.52. The van der Waals surface area contributed by atoms with E-state index in [2.05, 4.69) is 10.1 Å². The van der Waals surface area contributed by atoms with Crippen LogP contribution in [0.2, 0.25) is 0 Å². The second kappa shape index (κ2) is 9.46. The van der Waals surface area contributed by atoms with E-state index in [9.17, 15) is 27.5 Å². The van der Waals surface area contributed by atoms with Gasteiger partial charge in [0.15, 0.2) is 0 Å². The smallest absolute Gasteiger partial charge is 0.416 e. The van der Waals surface area contributed by atoms with Crippen LogP contribution >= 0.6 is 23.1 Å². The van der Waals surface area contributed by atoms with E-state index in [-0.39, 0.29) is 21.6 Å². The number of aryl methyl sites for hydroxylation is 1. The molecule has 2 aromatic carbocycles. The third-order valence-electron chi connectivity index (χ3n) is 4.96. The molecule has 0 fully saturated rings. The molecule has 0 spiro atoms. The van der Waals surface area contributed by atoms with Crippen LogP contribution in [-0.4, -0.2) is 26.0 Å². The molecule has 0 atom stereocenters. The van der Waals surface area contributed by atoms with Crippen LogP contribution in [0.25, 0.3) is 27.5 Å². The van der Waals surface area contributed by atoms with E-state index < -0.39 is 23.5 Å². The summed E-state index contributed by atoms with van der Waals surface area (Å²) in [6.45, 7) is 5.50. The highest BCUT2D eigenvalue weighted by Crippen LogP contribution is 2.41. The second-order valence-electron chi connectivity index (χ2n) is 7.89. The van der Waals surface area contributed by atoms with Crippen LogP contribution in [0, 0.1) is 12.7 Å². The van der Waals surface area contributed by atoms with E-state index in [4.69, 9.17) is 0 Å². The van der Waals surface area contributed by atoms with Crippen LogP contribution in [-0.2, 0) is 6.18 Å². The number of halogens is 4. The molecule has 0 aliphatic heterocycles. The van der Waals surface area contributed by atoms with Gasteiger partial charge in [-0.05, 0) is 36.8 Å². The number of thiazole rings is 1. The number of carboxylic acids is 1. The van der Waals surface area contributed by atoms with Gasteiger partial charge in [0.05, 0.1) is 27.1 Å². The predicted molar refractivity (Wildman–Crippen MR) is 125 cm³/mol. The lowest BCUT2D eigenvalue weighted by atomic mass is 10.0. The van der Waals surface area contributed by atoms with Crippen molar-refractivity contribution < 1.29 is 27.5 Å². The normalized spacial score (nSPS) is 11.9. The van der Waals surface area contributed by atoms with E-state index in [0.29, 0.717) is 26.7 Å². The summed E-state index contributed by atoms with van der Waals surface area (Å²) in [6, 6.07) is 10.1. The summed E-state index contributed by atoms with van der Waals surface area (Å²) < 4.78 is 54.7. The molecule has 0 saturated carbocycles. The number of aromatic carboxylic acids is 1. The molecule has 0 aliphatic rings. The minimum Gasteiger partial charge on any atom is -0.543 e. The number of aromatic nitrogens is 3. The summed E-state index contributed by atoms with van der Waals surface area (Å²) in [4.78, 5) is 16.7. The quantitative estimate of drug-likeness (QED) is 0.231. The lowest BCUT2D eigenvalue weighted by molar-refractivity contribution is -0.255. The van der Waals surface area contributed by atoms with Gasteiger partial charge in [-0.15, -0.1) is 11.8 Å². The monoisotopic (exact) mass is 520 g/mol.